The monoisotopic (exact) mass is 406 g/mol. The zero-order chi connectivity index (χ0) is 20.8. The molecule has 0 bridgehead atoms. The summed E-state index contributed by atoms with van der Waals surface area (Å²) in [4.78, 5) is 9.16. The Kier molecular flexibility index (Phi) is 6.27. The molecule has 0 saturated carbocycles. The average Bonchev–Trinajstić information content (AvgIpc) is 3.27. The number of hydrogen-bond donors (Lipinski definition) is 1. The van der Waals surface area contributed by atoms with Crippen LogP contribution < -0.4 is 10.2 Å². The van der Waals surface area contributed by atoms with Crippen molar-refractivity contribution in [3.63, 3.8) is 0 Å². The number of benzene rings is 2. The average molecular weight is 407 g/mol. The number of anilines is 1. The van der Waals surface area contributed by atoms with Gasteiger partial charge in [-0.15, -0.1) is 0 Å². The molecule has 0 radical (unpaired) electrons. The van der Waals surface area contributed by atoms with Gasteiger partial charge in [-0.25, -0.2) is 9.07 Å². The summed E-state index contributed by atoms with van der Waals surface area (Å²) in [6, 6.07) is 18.9. The molecule has 1 saturated heterocycles. The largest absolute Gasteiger partial charge is 0.368 e. The zero-order valence-electron chi connectivity index (χ0n) is 17.2. The molecular formula is C23H27FN6. The van der Waals surface area contributed by atoms with Crippen LogP contribution in [0.4, 0.5) is 10.1 Å². The van der Waals surface area contributed by atoms with E-state index >= 15 is 0 Å². The summed E-state index contributed by atoms with van der Waals surface area (Å²) in [5.74, 6) is 0.687. The number of piperazine rings is 1. The van der Waals surface area contributed by atoms with Crippen LogP contribution in [0.15, 0.2) is 71.9 Å². The molecule has 1 aliphatic rings. The summed E-state index contributed by atoms with van der Waals surface area (Å²) in [5.41, 5.74) is 3.11. The van der Waals surface area contributed by atoms with Gasteiger partial charge in [0.15, 0.2) is 5.96 Å². The first-order chi connectivity index (χ1) is 14.7. The second-order valence-electron chi connectivity index (χ2n) is 7.26. The van der Waals surface area contributed by atoms with E-state index < -0.39 is 0 Å². The molecule has 6 nitrogen and oxygen atoms in total. The van der Waals surface area contributed by atoms with E-state index in [9.17, 15) is 4.39 Å². The van der Waals surface area contributed by atoms with Gasteiger partial charge in [-0.2, -0.15) is 5.10 Å². The normalized spacial score (nSPS) is 14.8. The minimum Gasteiger partial charge on any atom is -0.368 e. The molecule has 1 N–H and O–H groups in total. The Balaban J connectivity index is 1.26. The van der Waals surface area contributed by atoms with E-state index in [1.165, 1.54) is 17.8 Å². The van der Waals surface area contributed by atoms with Crippen LogP contribution in [0.1, 0.15) is 5.69 Å². The van der Waals surface area contributed by atoms with Crippen LogP contribution in [-0.4, -0.2) is 60.4 Å². The lowest BCUT2D eigenvalue weighted by Gasteiger charge is -2.37. The molecule has 7 heteroatoms. The van der Waals surface area contributed by atoms with E-state index in [-0.39, 0.29) is 5.82 Å². The molecule has 1 aliphatic heterocycles. The lowest BCUT2D eigenvalue weighted by atomic mass is 10.2. The molecule has 1 aromatic heterocycles. The van der Waals surface area contributed by atoms with Gasteiger partial charge in [0.25, 0.3) is 0 Å². The number of para-hydroxylation sites is 1. The molecule has 1 fully saturated rings. The number of aromatic nitrogens is 2. The summed E-state index contributed by atoms with van der Waals surface area (Å²) < 4.78 is 14.9. The first-order valence-corrected chi connectivity index (χ1v) is 10.3. The van der Waals surface area contributed by atoms with Crippen molar-refractivity contribution < 1.29 is 4.39 Å². The number of aliphatic imine (C=N–C) groups is 1. The van der Waals surface area contributed by atoms with Gasteiger partial charge in [0.2, 0.25) is 0 Å². The first-order valence-electron chi connectivity index (χ1n) is 10.3. The number of nitrogens with zero attached hydrogens (tertiary/aromatic N) is 5. The van der Waals surface area contributed by atoms with Gasteiger partial charge in [-0.1, -0.05) is 18.2 Å². The molecule has 30 heavy (non-hydrogen) atoms. The van der Waals surface area contributed by atoms with Crippen LogP contribution in [0.5, 0.6) is 0 Å². The second kappa shape index (κ2) is 9.43. The molecule has 0 spiro atoms. The van der Waals surface area contributed by atoms with Crippen LogP contribution >= 0.6 is 0 Å². The number of guanidine groups is 1. The fourth-order valence-corrected chi connectivity index (χ4v) is 3.68. The predicted octanol–water partition coefficient (Wildman–Crippen LogP) is 2.95. The fourth-order valence-electron chi connectivity index (χ4n) is 3.68. The Morgan fingerprint density at radius 2 is 1.70 bits per heavy atom. The molecule has 3 aromatic rings. The van der Waals surface area contributed by atoms with Crippen LogP contribution in [0.3, 0.4) is 0 Å². The smallest absolute Gasteiger partial charge is 0.193 e. The SMILES string of the molecule is CN=C(NCCc1ccn(-c2ccc(F)cc2)n1)N1CCN(c2ccccc2)CC1. The third kappa shape index (κ3) is 4.79. The second-order valence-corrected chi connectivity index (χ2v) is 7.26. The quantitative estimate of drug-likeness (QED) is 0.523. The van der Waals surface area contributed by atoms with Gasteiger partial charge in [-0.3, -0.25) is 4.99 Å². The van der Waals surface area contributed by atoms with Gasteiger partial charge < -0.3 is 15.1 Å². The lowest BCUT2D eigenvalue weighted by Crippen LogP contribution is -2.52. The van der Waals surface area contributed by atoms with Crippen molar-refractivity contribution in [1.29, 1.82) is 0 Å². The molecule has 0 atom stereocenters. The summed E-state index contributed by atoms with van der Waals surface area (Å²) in [7, 11) is 1.83. The number of hydrogen-bond acceptors (Lipinski definition) is 3. The van der Waals surface area contributed by atoms with Gasteiger partial charge in [-0.05, 0) is 42.5 Å². The summed E-state index contributed by atoms with van der Waals surface area (Å²) in [6.07, 6.45) is 2.69. The Bertz CT molecular complexity index is 959. The number of halogens is 1. The molecule has 0 unspecified atom stereocenters. The molecule has 156 valence electrons. The Labute approximate surface area is 176 Å². The summed E-state index contributed by atoms with van der Waals surface area (Å²) in [6.45, 7) is 4.59. The third-order valence-electron chi connectivity index (χ3n) is 5.31. The van der Waals surface area contributed by atoms with Crippen molar-refractivity contribution in [2.45, 2.75) is 6.42 Å². The maximum Gasteiger partial charge on any atom is 0.193 e. The van der Waals surface area contributed by atoms with Crippen LogP contribution in [-0.2, 0) is 6.42 Å². The van der Waals surface area contributed by atoms with Crippen LogP contribution in [0, 0.1) is 5.82 Å². The highest BCUT2D eigenvalue weighted by Crippen LogP contribution is 2.15. The Hall–Kier alpha value is -3.35. The molecule has 2 aromatic carbocycles. The molecule has 0 amide bonds. The standard InChI is InChI=1S/C23H27FN6/c1-25-23(29-17-15-28(16-18-29)21-5-3-2-4-6-21)26-13-11-20-12-14-30(27-20)22-9-7-19(24)8-10-22/h2-10,12,14H,11,13,15-18H2,1H3,(H,25,26). The van der Waals surface area contributed by atoms with E-state index in [1.54, 1.807) is 16.8 Å². The van der Waals surface area contributed by atoms with Crippen molar-refractivity contribution in [2.75, 3.05) is 44.7 Å². The van der Waals surface area contributed by atoms with E-state index in [0.29, 0.717) is 0 Å². The highest BCUT2D eigenvalue weighted by molar-refractivity contribution is 5.80. The van der Waals surface area contributed by atoms with E-state index in [1.807, 2.05) is 25.4 Å². The van der Waals surface area contributed by atoms with Gasteiger partial charge in [0, 0.05) is 58.1 Å². The third-order valence-corrected chi connectivity index (χ3v) is 5.31. The van der Waals surface area contributed by atoms with Crippen molar-refractivity contribution >= 4 is 11.6 Å². The highest BCUT2D eigenvalue weighted by Gasteiger charge is 2.19. The molecular weight excluding hydrogens is 379 g/mol. The van der Waals surface area contributed by atoms with Crippen molar-refractivity contribution in [1.82, 2.24) is 20.0 Å². The van der Waals surface area contributed by atoms with Crippen LogP contribution in [0.2, 0.25) is 0 Å². The minimum absolute atomic E-state index is 0.244. The van der Waals surface area contributed by atoms with Crippen molar-refractivity contribution in [2.24, 2.45) is 4.99 Å². The summed E-state index contributed by atoms with van der Waals surface area (Å²) >= 11 is 0. The molecule has 4 rings (SSSR count). The Morgan fingerprint density at radius 3 is 2.40 bits per heavy atom. The van der Waals surface area contributed by atoms with Gasteiger partial charge in [0.05, 0.1) is 11.4 Å². The van der Waals surface area contributed by atoms with Crippen LogP contribution in [0.25, 0.3) is 5.69 Å². The maximum atomic E-state index is 13.1. The van der Waals surface area contributed by atoms with Gasteiger partial charge >= 0.3 is 0 Å². The maximum absolute atomic E-state index is 13.1. The predicted molar refractivity (Wildman–Crippen MR) is 119 cm³/mol. The minimum atomic E-state index is -0.244. The van der Waals surface area contributed by atoms with E-state index in [2.05, 4.69) is 49.5 Å². The molecule has 2 heterocycles. The number of nitrogens with one attached hydrogen (secondary N) is 1. The molecule has 0 aliphatic carbocycles. The topological polar surface area (TPSA) is 48.7 Å². The number of rotatable bonds is 5. The Morgan fingerprint density at radius 1 is 0.967 bits per heavy atom. The van der Waals surface area contributed by atoms with Gasteiger partial charge in [0.1, 0.15) is 5.82 Å². The first kappa shape index (κ1) is 19.9. The highest BCUT2D eigenvalue weighted by atomic mass is 19.1. The lowest BCUT2D eigenvalue weighted by molar-refractivity contribution is 0.373. The van der Waals surface area contributed by atoms with E-state index in [0.717, 1.165) is 56.5 Å². The van der Waals surface area contributed by atoms with Crippen molar-refractivity contribution in [3.05, 3.63) is 78.4 Å². The van der Waals surface area contributed by atoms with Crippen molar-refractivity contribution in [3.8, 4) is 5.69 Å². The fraction of sp³-hybridized carbons (Fsp3) is 0.304. The zero-order valence-corrected chi connectivity index (χ0v) is 17.2. The summed E-state index contributed by atoms with van der Waals surface area (Å²) in [5, 5.41) is 8.04. The van der Waals surface area contributed by atoms with E-state index in [4.69, 9.17) is 0 Å².